The fourth-order valence-corrected chi connectivity index (χ4v) is 2.50. The number of halogens is 1. The van der Waals surface area contributed by atoms with Crippen molar-refractivity contribution in [2.45, 2.75) is 27.2 Å². The van der Waals surface area contributed by atoms with Gasteiger partial charge in [-0.2, -0.15) is 0 Å². The second-order valence-corrected chi connectivity index (χ2v) is 5.85. The van der Waals surface area contributed by atoms with Crippen molar-refractivity contribution in [2.75, 3.05) is 18.0 Å². The molecule has 0 bridgehead atoms. The lowest BCUT2D eigenvalue weighted by atomic mass is 10.2. The Morgan fingerprint density at radius 2 is 2.26 bits per heavy atom. The molecule has 3 N–H and O–H groups in total. The highest BCUT2D eigenvalue weighted by atomic mass is 79.9. The monoisotopic (exact) mass is 328 g/mol. The summed E-state index contributed by atoms with van der Waals surface area (Å²) in [5, 5.41) is 11.6. The molecule has 6 heteroatoms. The number of pyridine rings is 1. The molecular formula is C13H21BrN4O. The van der Waals surface area contributed by atoms with Crippen LogP contribution in [0.3, 0.4) is 0 Å². The van der Waals surface area contributed by atoms with Crippen molar-refractivity contribution < 1.29 is 5.21 Å². The maximum absolute atomic E-state index is 8.61. The molecule has 0 aromatic carbocycles. The van der Waals surface area contributed by atoms with Gasteiger partial charge in [0.1, 0.15) is 11.7 Å². The van der Waals surface area contributed by atoms with Crippen molar-refractivity contribution >= 4 is 27.6 Å². The molecule has 106 valence electrons. The third kappa shape index (κ3) is 5.06. The van der Waals surface area contributed by atoms with E-state index in [1.165, 1.54) is 0 Å². The number of hydrogen-bond donors (Lipinski definition) is 2. The van der Waals surface area contributed by atoms with Crippen LogP contribution in [0.4, 0.5) is 5.82 Å². The van der Waals surface area contributed by atoms with Crippen molar-refractivity contribution in [3.05, 3.63) is 22.3 Å². The van der Waals surface area contributed by atoms with E-state index in [0.29, 0.717) is 18.9 Å². The van der Waals surface area contributed by atoms with Crippen molar-refractivity contribution in [3.8, 4) is 0 Å². The maximum Gasteiger partial charge on any atom is 0.142 e. The van der Waals surface area contributed by atoms with Gasteiger partial charge < -0.3 is 15.8 Å². The molecule has 19 heavy (non-hydrogen) atoms. The Bertz CT molecular complexity index is 448. The van der Waals surface area contributed by atoms with E-state index >= 15 is 0 Å². The molecule has 0 aliphatic carbocycles. The number of amidine groups is 1. The highest BCUT2D eigenvalue weighted by Crippen LogP contribution is 2.25. The summed E-state index contributed by atoms with van der Waals surface area (Å²) < 4.78 is 0.965. The number of rotatable bonds is 6. The molecule has 1 aromatic heterocycles. The van der Waals surface area contributed by atoms with Gasteiger partial charge in [-0.25, -0.2) is 4.98 Å². The first-order chi connectivity index (χ1) is 8.93. The molecular weight excluding hydrogens is 308 g/mol. The van der Waals surface area contributed by atoms with Crippen LogP contribution < -0.4 is 10.6 Å². The molecule has 1 heterocycles. The predicted molar refractivity (Wildman–Crippen MR) is 81.8 cm³/mol. The van der Waals surface area contributed by atoms with Crippen LogP contribution in [0.25, 0.3) is 0 Å². The quantitative estimate of drug-likeness (QED) is 0.364. The van der Waals surface area contributed by atoms with Gasteiger partial charge in [0.15, 0.2) is 0 Å². The molecule has 0 aliphatic rings. The molecule has 5 nitrogen and oxygen atoms in total. The Labute approximate surface area is 122 Å². The van der Waals surface area contributed by atoms with Crippen LogP contribution in [-0.2, 0) is 0 Å². The zero-order chi connectivity index (χ0) is 14.4. The standard InChI is InChI=1S/C13H21BrN4O/c1-9(2)8-18(5-4-12(15)17-19)13-11(14)6-10(3)7-16-13/h6-7,9,19H,4-5,8H2,1-3H3,(H2,15,17). The lowest BCUT2D eigenvalue weighted by Gasteiger charge is -2.26. The number of anilines is 1. The summed E-state index contributed by atoms with van der Waals surface area (Å²) in [6.07, 6.45) is 2.35. The van der Waals surface area contributed by atoms with E-state index in [1.54, 1.807) is 0 Å². The topological polar surface area (TPSA) is 74.7 Å². The minimum atomic E-state index is 0.233. The summed E-state index contributed by atoms with van der Waals surface area (Å²) in [7, 11) is 0. The summed E-state index contributed by atoms with van der Waals surface area (Å²) >= 11 is 3.55. The highest BCUT2D eigenvalue weighted by Gasteiger charge is 2.14. The smallest absolute Gasteiger partial charge is 0.142 e. The van der Waals surface area contributed by atoms with E-state index in [2.05, 4.69) is 44.8 Å². The summed E-state index contributed by atoms with van der Waals surface area (Å²) in [5.74, 6) is 1.63. The maximum atomic E-state index is 8.61. The van der Waals surface area contributed by atoms with Gasteiger partial charge in [-0.05, 0) is 40.4 Å². The molecule has 0 saturated carbocycles. The summed E-state index contributed by atoms with van der Waals surface area (Å²) in [4.78, 5) is 6.62. The second kappa shape index (κ2) is 7.33. The van der Waals surface area contributed by atoms with E-state index in [1.807, 2.05) is 19.2 Å². The van der Waals surface area contributed by atoms with E-state index in [4.69, 9.17) is 10.9 Å². The minimum Gasteiger partial charge on any atom is -0.409 e. The van der Waals surface area contributed by atoms with Gasteiger partial charge in [0.2, 0.25) is 0 Å². The summed E-state index contributed by atoms with van der Waals surface area (Å²) in [6.45, 7) is 7.85. The van der Waals surface area contributed by atoms with Gasteiger partial charge in [-0.15, -0.1) is 0 Å². The lowest BCUT2D eigenvalue weighted by molar-refractivity contribution is 0.317. The van der Waals surface area contributed by atoms with E-state index in [0.717, 1.165) is 22.4 Å². The highest BCUT2D eigenvalue weighted by molar-refractivity contribution is 9.10. The Kier molecular flexibility index (Phi) is 6.08. The largest absolute Gasteiger partial charge is 0.409 e. The van der Waals surface area contributed by atoms with Gasteiger partial charge >= 0.3 is 0 Å². The number of oxime groups is 1. The lowest BCUT2D eigenvalue weighted by Crippen LogP contribution is -2.32. The normalized spacial score (nSPS) is 11.9. The van der Waals surface area contributed by atoms with Crippen LogP contribution in [-0.4, -0.2) is 29.1 Å². The van der Waals surface area contributed by atoms with Crippen molar-refractivity contribution in [2.24, 2.45) is 16.8 Å². The van der Waals surface area contributed by atoms with E-state index in [9.17, 15) is 0 Å². The Morgan fingerprint density at radius 3 is 2.79 bits per heavy atom. The molecule has 0 aliphatic heterocycles. The first-order valence-electron chi connectivity index (χ1n) is 6.27. The van der Waals surface area contributed by atoms with Crippen LogP contribution in [0.2, 0.25) is 0 Å². The second-order valence-electron chi connectivity index (χ2n) is 5.00. The zero-order valence-corrected chi connectivity index (χ0v) is 13.2. The van der Waals surface area contributed by atoms with Crippen molar-refractivity contribution in [1.82, 2.24) is 4.98 Å². The minimum absolute atomic E-state index is 0.233. The van der Waals surface area contributed by atoms with Crippen molar-refractivity contribution in [3.63, 3.8) is 0 Å². The summed E-state index contributed by atoms with van der Waals surface area (Å²) in [6, 6.07) is 2.04. The van der Waals surface area contributed by atoms with E-state index in [-0.39, 0.29) is 5.84 Å². The van der Waals surface area contributed by atoms with Gasteiger partial charge in [0, 0.05) is 25.7 Å². The predicted octanol–water partition coefficient (Wildman–Crippen LogP) is 2.75. The first-order valence-corrected chi connectivity index (χ1v) is 7.06. The molecule has 0 fully saturated rings. The number of aryl methyl sites for hydroxylation is 1. The van der Waals surface area contributed by atoms with Crippen LogP contribution in [0, 0.1) is 12.8 Å². The fourth-order valence-electron chi connectivity index (χ4n) is 1.78. The number of nitrogens with two attached hydrogens (primary N) is 1. The van der Waals surface area contributed by atoms with Crippen LogP contribution in [0.5, 0.6) is 0 Å². The van der Waals surface area contributed by atoms with Crippen molar-refractivity contribution in [1.29, 1.82) is 0 Å². The Balaban J connectivity index is 2.89. The molecule has 0 unspecified atom stereocenters. The molecule has 1 aromatic rings. The number of hydrogen-bond acceptors (Lipinski definition) is 4. The van der Waals surface area contributed by atoms with Gasteiger partial charge in [0.25, 0.3) is 0 Å². The summed E-state index contributed by atoms with van der Waals surface area (Å²) in [5.41, 5.74) is 6.64. The fraction of sp³-hybridized carbons (Fsp3) is 0.538. The molecule has 0 saturated heterocycles. The van der Waals surface area contributed by atoms with Gasteiger partial charge in [0.05, 0.1) is 4.47 Å². The SMILES string of the molecule is Cc1cnc(N(CCC(N)=NO)CC(C)C)c(Br)c1. The molecule has 1 rings (SSSR count). The van der Waals surface area contributed by atoms with Crippen LogP contribution in [0.1, 0.15) is 25.8 Å². The van der Waals surface area contributed by atoms with Gasteiger partial charge in [-0.3, -0.25) is 0 Å². The Morgan fingerprint density at radius 1 is 1.58 bits per heavy atom. The molecule has 0 amide bonds. The van der Waals surface area contributed by atoms with Crippen LogP contribution in [0.15, 0.2) is 21.9 Å². The van der Waals surface area contributed by atoms with Gasteiger partial charge in [-0.1, -0.05) is 19.0 Å². The average molecular weight is 329 g/mol. The van der Waals surface area contributed by atoms with Crippen LogP contribution >= 0.6 is 15.9 Å². The number of nitrogens with zero attached hydrogens (tertiary/aromatic N) is 3. The average Bonchev–Trinajstić information content (AvgIpc) is 2.34. The molecule has 0 spiro atoms. The number of aromatic nitrogens is 1. The zero-order valence-electron chi connectivity index (χ0n) is 11.6. The molecule has 0 radical (unpaired) electrons. The van der Waals surface area contributed by atoms with E-state index < -0.39 is 0 Å². The third-order valence-corrected chi connectivity index (χ3v) is 3.19. The third-order valence-electron chi connectivity index (χ3n) is 2.61. The first kappa shape index (κ1) is 15.8. The molecule has 0 atom stereocenters. The Hall–Kier alpha value is -1.30.